The summed E-state index contributed by atoms with van der Waals surface area (Å²) in [6.07, 6.45) is 1.90. The number of nitrogens with zero attached hydrogens (tertiary/aromatic N) is 3. The Labute approximate surface area is 187 Å². The number of aliphatic hydroxyl groups excluding tert-OH is 1. The number of carbonyl (C=O) groups is 5. The number of hydrogen-bond acceptors (Lipinski definition) is 8. The molecule has 0 saturated carbocycles. The number of aliphatic hydroxyl groups is 1. The van der Waals surface area contributed by atoms with Gasteiger partial charge in [-0.25, -0.2) is 10.1 Å². The van der Waals surface area contributed by atoms with Crippen molar-refractivity contribution in [1.29, 1.82) is 0 Å². The molecule has 0 aliphatic carbocycles. The molecule has 1 fully saturated rings. The van der Waals surface area contributed by atoms with Crippen molar-refractivity contribution in [2.45, 2.75) is 70.8 Å². The first kappa shape index (κ1) is 27.5. The van der Waals surface area contributed by atoms with Gasteiger partial charge in [0, 0.05) is 45.9 Å². The van der Waals surface area contributed by atoms with Crippen molar-refractivity contribution in [3.8, 4) is 0 Å². The lowest BCUT2D eigenvalue weighted by atomic mass is 10.2. The molecule has 1 rings (SSSR count). The number of carbonyl (C=O) groups excluding carboxylic acids is 5. The van der Waals surface area contributed by atoms with Crippen LogP contribution in [0.4, 0.5) is 0 Å². The maximum atomic E-state index is 11.9. The van der Waals surface area contributed by atoms with Crippen LogP contribution in [0.1, 0.15) is 64.7 Å². The van der Waals surface area contributed by atoms with E-state index in [1.54, 1.807) is 0 Å². The molecular weight excluding hydrogens is 424 g/mol. The molecular formula is C20H34N4O8. The molecule has 1 atom stereocenters. The zero-order valence-electron chi connectivity index (χ0n) is 18.5. The largest absolute Gasteiger partial charge is 0.383 e. The van der Waals surface area contributed by atoms with Crippen LogP contribution in [0.2, 0.25) is 0 Å². The monoisotopic (exact) mass is 458 g/mol. The van der Waals surface area contributed by atoms with E-state index in [4.69, 9.17) is 0 Å². The quantitative estimate of drug-likeness (QED) is 0.113. The number of unbranched alkanes of at least 4 members (excludes halogenated alkanes) is 4. The van der Waals surface area contributed by atoms with Crippen molar-refractivity contribution in [1.82, 2.24) is 20.3 Å². The minimum Gasteiger partial charge on any atom is -0.383 e. The lowest BCUT2D eigenvalue weighted by Crippen LogP contribution is -2.33. The van der Waals surface area contributed by atoms with E-state index in [1.165, 1.54) is 6.92 Å². The molecule has 0 spiro atoms. The molecule has 32 heavy (non-hydrogen) atoms. The van der Waals surface area contributed by atoms with Crippen LogP contribution in [0.5, 0.6) is 0 Å². The molecule has 0 radical (unpaired) electrons. The Hall–Kier alpha value is -2.57. The second-order valence-corrected chi connectivity index (χ2v) is 7.73. The highest BCUT2D eigenvalue weighted by molar-refractivity contribution is 6.04. The first-order chi connectivity index (χ1) is 15.1. The van der Waals surface area contributed by atoms with Gasteiger partial charge in [0.15, 0.2) is 0 Å². The number of imide groups is 1. The van der Waals surface area contributed by atoms with Gasteiger partial charge in [-0.3, -0.25) is 39.3 Å². The van der Waals surface area contributed by atoms with E-state index in [-0.39, 0.29) is 44.8 Å². The van der Waals surface area contributed by atoms with Gasteiger partial charge in [-0.2, -0.15) is 0 Å². The van der Waals surface area contributed by atoms with Gasteiger partial charge in [0.05, 0.1) is 6.42 Å². The van der Waals surface area contributed by atoms with Crippen molar-refractivity contribution < 1.29 is 39.5 Å². The number of nitrogens with one attached hydrogen (secondary N) is 1. The van der Waals surface area contributed by atoms with Gasteiger partial charge in [-0.1, -0.05) is 0 Å². The molecule has 0 aromatic rings. The fraction of sp³-hybridized carbons (Fsp3) is 0.750. The highest BCUT2D eigenvalue weighted by Gasteiger charge is 2.36. The highest BCUT2D eigenvalue weighted by Crippen LogP contribution is 2.14. The normalized spacial score (nSPS) is 15.8. The number of hydroxylamine groups is 4. The summed E-state index contributed by atoms with van der Waals surface area (Å²) in [5.74, 6) is -2.28. The van der Waals surface area contributed by atoms with E-state index in [1.807, 2.05) is 0 Å². The number of amides is 5. The fourth-order valence-corrected chi connectivity index (χ4v) is 3.12. The Morgan fingerprint density at radius 2 is 1.59 bits per heavy atom. The van der Waals surface area contributed by atoms with Crippen LogP contribution in [0.25, 0.3) is 0 Å². The van der Waals surface area contributed by atoms with Crippen molar-refractivity contribution in [3.05, 3.63) is 0 Å². The summed E-state index contributed by atoms with van der Waals surface area (Å²) in [6, 6.07) is 0. The smallest absolute Gasteiger partial charge is 0.258 e. The fourth-order valence-electron chi connectivity index (χ4n) is 3.12. The molecule has 1 unspecified atom stereocenters. The maximum absolute atomic E-state index is 11.9. The number of hydrogen-bond donors (Lipinski definition) is 4. The SMILES string of the molecule is CC(=O)N(O)CCCCCNC(=O)CCC(=O)N(O)CCCCCN1C(=O)CC(O)C1=O. The molecule has 0 aromatic carbocycles. The summed E-state index contributed by atoms with van der Waals surface area (Å²) in [5.41, 5.74) is 0. The Morgan fingerprint density at radius 3 is 2.19 bits per heavy atom. The first-order valence-electron chi connectivity index (χ1n) is 10.9. The summed E-state index contributed by atoms with van der Waals surface area (Å²) in [5, 5.41) is 32.2. The topological polar surface area (TPSA) is 168 Å². The zero-order chi connectivity index (χ0) is 24.1. The van der Waals surface area contributed by atoms with Crippen LogP contribution in [-0.2, 0) is 24.0 Å². The second-order valence-electron chi connectivity index (χ2n) is 7.73. The van der Waals surface area contributed by atoms with Crippen molar-refractivity contribution in [2.24, 2.45) is 0 Å². The molecule has 0 bridgehead atoms. The molecule has 1 aliphatic rings. The lowest BCUT2D eigenvalue weighted by molar-refractivity contribution is -0.166. The molecule has 1 aliphatic heterocycles. The molecule has 12 nitrogen and oxygen atoms in total. The summed E-state index contributed by atoms with van der Waals surface area (Å²) in [7, 11) is 0. The Kier molecular flexibility index (Phi) is 12.4. The summed E-state index contributed by atoms with van der Waals surface area (Å²) >= 11 is 0. The van der Waals surface area contributed by atoms with Gasteiger partial charge in [0.2, 0.25) is 23.6 Å². The second kappa shape index (κ2) is 14.5. The van der Waals surface area contributed by atoms with E-state index in [2.05, 4.69) is 5.32 Å². The van der Waals surface area contributed by atoms with Gasteiger partial charge in [-0.15, -0.1) is 0 Å². The minimum absolute atomic E-state index is 0.0494. The summed E-state index contributed by atoms with van der Waals surface area (Å²) in [4.78, 5) is 58.6. The summed E-state index contributed by atoms with van der Waals surface area (Å²) < 4.78 is 0. The average Bonchev–Trinajstić information content (AvgIpc) is 2.99. The van der Waals surface area contributed by atoms with E-state index >= 15 is 0 Å². The van der Waals surface area contributed by atoms with Gasteiger partial charge >= 0.3 is 0 Å². The van der Waals surface area contributed by atoms with Gasteiger partial charge in [-0.05, 0) is 38.5 Å². The molecule has 12 heteroatoms. The third kappa shape index (κ3) is 10.2. The number of rotatable bonds is 15. The van der Waals surface area contributed by atoms with Crippen molar-refractivity contribution >= 4 is 29.5 Å². The van der Waals surface area contributed by atoms with Crippen LogP contribution in [0, 0.1) is 0 Å². The van der Waals surface area contributed by atoms with E-state index < -0.39 is 29.7 Å². The van der Waals surface area contributed by atoms with Crippen LogP contribution in [0.15, 0.2) is 0 Å². The van der Waals surface area contributed by atoms with Gasteiger partial charge < -0.3 is 10.4 Å². The predicted molar refractivity (Wildman–Crippen MR) is 110 cm³/mol. The average molecular weight is 459 g/mol. The predicted octanol–water partition coefficient (Wildman–Crippen LogP) is -0.201. The van der Waals surface area contributed by atoms with Crippen LogP contribution >= 0.6 is 0 Å². The third-order valence-electron chi connectivity index (χ3n) is 5.06. The first-order valence-corrected chi connectivity index (χ1v) is 10.9. The zero-order valence-corrected chi connectivity index (χ0v) is 18.5. The maximum Gasteiger partial charge on any atom is 0.258 e. The molecule has 182 valence electrons. The Bertz CT molecular complexity index is 672. The Balaban J connectivity index is 2.04. The number of likely N-dealkylation sites (tertiary alicyclic amines) is 1. The molecule has 4 N–H and O–H groups in total. The van der Waals surface area contributed by atoms with Crippen molar-refractivity contribution in [2.75, 3.05) is 26.2 Å². The summed E-state index contributed by atoms with van der Waals surface area (Å²) in [6.45, 7) is 2.20. The molecule has 0 aromatic heterocycles. The molecule has 1 heterocycles. The molecule has 1 saturated heterocycles. The van der Waals surface area contributed by atoms with Crippen LogP contribution in [0.3, 0.4) is 0 Å². The minimum atomic E-state index is -1.25. The standard InChI is InChI=1S/C20H34N4O8/c1-15(25)23(31)12-6-2-4-10-21-17(27)8-9-18(28)24(32)13-7-3-5-11-22-19(29)14-16(26)20(22)30/h16,26,31-32H,2-14H2,1H3,(H,21,27). The molecule has 5 amide bonds. The van der Waals surface area contributed by atoms with Crippen molar-refractivity contribution in [3.63, 3.8) is 0 Å². The highest BCUT2D eigenvalue weighted by atomic mass is 16.5. The van der Waals surface area contributed by atoms with E-state index in [0.717, 1.165) is 4.90 Å². The third-order valence-corrected chi connectivity index (χ3v) is 5.06. The van der Waals surface area contributed by atoms with Gasteiger partial charge in [0.25, 0.3) is 5.91 Å². The van der Waals surface area contributed by atoms with E-state index in [0.29, 0.717) is 55.2 Å². The van der Waals surface area contributed by atoms with E-state index in [9.17, 15) is 39.5 Å². The van der Waals surface area contributed by atoms with Crippen LogP contribution < -0.4 is 5.32 Å². The van der Waals surface area contributed by atoms with Gasteiger partial charge in [0.1, 0.15) is 6.10 Å². The lowest BCUT2D eigenvalue weighted by Gasteiger charge is -2.16. The Morgan fingerprint density at radius 1 is 0.969 bits per heavy atom. The van der Waals surface area contributed by atoms with Crippen LogP contribution in [-0.4, -0.2) is 92.4 Å².